The molecule has 1 saturated heterocycles. The van der Waals surface area contributed by atoms with Crippen LogP contribution in [0.3, 0.4) is 0 Å². The molecule has 1 aliphatic heterocycles. The smallest absolute Gasteiger partial charge is 0.0928 e. The van der Waals surface area contributed by atoms with Crippen molar-refractivity contribution in [2.45, 2.75) is 25.8 Å². The lowest BCUT2D eigenvalue weighted by Gasteiger charge is -2.21. The maximum atomic E-state index is 4.67. The summed E-state index contributed by atoms with van der Waals surface area (Å²) in [6.07, 6.45) is 2.32. The van der Waals surface area contributed by atoms with Crippen LogP contribution in [-0.2, 0) is 6.42 Å². The van der Waals surface area contributed by atoms with Crippen LogP contribution >= 0.6 is 23.1 Å². The van der Waals surface area contributed by atoms with Gasteiger partial charge in [0.15, 0.2) is 0 Å². The van der Waals surface area contributed by atoms with E-state index in [-0.39, 0.29) is 0 Å². The zero-order valence-corrected chi connectivity index (χ0v) is 10.1. The Hall–Kier alpha value is -0.0600. The molecule has 0 aliphatic carbocycles. The minimum Gasteiger partial charge on any atom is -0.307 e. The van der Waals surface area contributed by atoms with Crippen LogP contribution in [0.2, 0.25) is 0 Å². The Bertz CT molecular complexity index is 279. The molecule has 1 unspecified atom stereocenters. The highest BCUT2D eigenvalue weighted by atomic mass is 32.2. The number of hydrogen-bond donors (Lipinski definition) is 1. The Morgan fingerprint density at radius 2 is 2.57 bits per heavy atom. The van der Waals surface area contributed by atoms with Crippen LogP contribution in [0, 0.1) is 0 Å². The van der Waals surface area contributed by atoms with Gasteiger partial charge in [-0.15, -0.1) is 11.3 Å². The highest BCUT2D eigenvalue weighted by Gasteiger charge is 2.17. The van der Waals surface area contributed by atoms with E-state index in [9.17, 15) is 0 Å². The number of thiazole rings is 1. The van der Waals surface area contributed by atoms with Crippen molar-refractivity contribution in [2.75, 3.05) is 18.1 Å². The molecule has 1 atom stereocenters. The summed E-state index contributed by atoms with van der Waals surface area (Å²) >= 11 is 3.83. The fraction of sp³-hybridized carbons (Fsp3) is 0.700. The number of hydrogen-bond acceptors (Lipinski definition) is 4. The average molecular weight is 228 g/mol. The van der Waals surface area contributed by atoms with Crippen molar-refractivity contribution in [3.8, 4) is 0 Å². The summed E-state index contributed by atoms with van der Waals surface area (Å²) in [5.74, 6) is 2.41. The van der Waals surface area contributed by atoms with Gasteiger partial charge in [-0.2, -0.15) is 11.8 Å². The van der Waals surface area contributed by atoms with Crippen molar-refractivity contribution in [1.29, 1.82) is 0 Å². The lowest BCUT2D eigenvalue weighted by atomic mass is 10.2. The van der Waals surface area contributed by atoms with Gasteiger partial charge in [0.05, 0.1) is 16.7 Å². The zero-order valence-electron chi connectivity index (χ0n) is 8.45. The molecule has 14 heavy (non-hydrogen) atoms. The predicted molar refractivity (Wildman–Crippen MR) is 64.2 cm³/mol. The van der Waals surface area contributed by atoms with E-state index in [1.54, 1.807) is 0 Å². The van der Waals surface area contributed by atoms with Gasteiger partial charge in [-0.25, -0.2) is 4.98 Å². The van der Waals surface area contributed by atoms with Crippen molar-refractivity contribution < 1.29 is 0 Å². The topological polar surface area (TPSA) is 24.9 Å². The third-order valence-corrected chi connectivity index (χ3v) is 4.30. The Balaban J connectivity index is 2.00. The standard InChI is InChI=1S/C10H16N2S2/c1-2-3-10-12-9(7-14-10)8-6-13-5-4-11-8/h7-8,11H,2-6H2,1H3. The monoisotopic (exact) mass is 228 g/mol. The van der Waals surface area contributed by atoms with Gasteiger partial charge in [0.2, 0.25) is 0 Å². The van der Waals surface area contributed by atoms with Gasteiger partial charge in [0.25, 0.3) is 0 Å². The molecule has 4 heteroatoms. The van der Waals surface area contributed by atoms with E-state index in [4.69, 9.17) is 0 Å². The van der Waals surface area contributed by atoms with Crippen molar-refractivity contribution in [2.24, 2.45) is 0 Å². The summed E-state index contributed by atoms with van der Waals surface area (Å²) < 4.78 is 0. The molecule has 0 bridgehead atoms. The Morgan fingerprint density at radius 3 is 3.29 bits per heavy atom. The second-order valence-corrected chi connectivity index (χ2v) is 5.59. The third-order valence-electron chi connectivity index (χ3n) is 2.31. The molecule has 1 N–H and O–H groups in total. The lowest BCUT2D eigenvalue weighted by molar-refractivity contribution is 0.582. The van der Waals surface area contributed by atoms with Crippen LogP contribution in [-0.4, -0.2) is 23.0 Å². The SMILES string of the molecule is CCCc1nc(C2CSCCN2)cs1. The molecule has 2 rings (SSSR count). The summed E-state index contributed by atoms with van der Waals surface area (Å²) in [5.41, 5.74) is 1.26. The number of aromatic nitrogens is 1. The zero-order chi connectivity index (χ0) is 9.80. The normalized spacial score (nSPS) is 22.5. The molecule has 0 amide bonds. The van der Waals surface area contributed by atoms with Crippen molar-refractivity contribution in [1.82, 2.24) is 10.3 Å². The predicted octanol–water partition coefficient (Wildman–Crippen LogP) is 2.47. The molecule has 0 saturated carbocycles. The van der Waals surface area contributed by atoms with E-state index in [0.717, 1.165) is 13.0 Å². The van der Waals surface area contributed by atoms with Crippen LogP contribution in [0.5, 0.6) is 0 Å². The molecule has 2 nitrogen and oxygen atoms in total. The molecule has 2 heterocycles. The van der Waals surface area contributed by atoms with Crippen molar-refractivity contribution in [3.05, 3.63) is 16.1 Å². The Kier molecular flexibility index (Phi) is 3.84. The van der Waals surface area contributed by atoms with Crippen LogP contribution < -0.4 is 5.32 Å². The maximum Gasteiger partial charge on any atom is 0.0928 e. The Labute approximate surface area is 93.5 Å². The van der Waals surface area contributed by atoms with Gasteiger partial charge >= 0.3 is 0 Å². The number of nitrogens with zero attached hydrogens (tertiary/aromatic N) is 1. The largest absolute Gasteiger partial charge is 0.307 e. The highest BCUT2D eigenvalue weighted by molar-refractivity contribution is 7.99. The van der Waals surface area contributed by atoms with E-state index in [2.05, 4.69) is 22.6 Å². The molecular formula is C10H16N2S2. The first-order valence-electron chi connectivity index (χ1n) is 5.15. The van der Waals surface area contributed by atoms with Gasteiger partial charge in [-0.3, -0.25) is 0 Å². The molecule has 0 radical (unpaired) electrons. The summed E-state index contributed by atoms with van der Waals surface area (Å²) in [7, 11) is 0. The number of thioether (sulfide) groups is 1. The minimum atomic E-state index is 0.496. The van der Waals surface area contributed by atoms with Crippen molar-refractivity contribution >= 4 is 23.1 Å². The summed E-state index contributed by atoms with van der Waals surface area (Å²) in [4.78, 5) is 4.67. The lowest BCUT2D eigenvalue weighted by Crippen LogP contribution is -2.30. The molecule has 1 aromatic heterocycles. The molecule has 0 spiro atoms. The van der Waals surface area contributed by atoms with Gasteiger partial charge in [0.1, 0.15) is 0 Å². The maximum absolute atomic E-state index is 4.67. The number of aryl methyl sites for hydroxylation is 1. The van der Waals surface area contributed by atoms with Gasteiger partial charge in [-0.05, 0) is 12.8 Å². The average Bonchev–Trinajstić information content (AvgIpc) is 2.68. The summed E-state index contributed by atoms with van der Waals surface area (Å²) in [6.45, 7) is 3.33. The Morgan fingerprint density at radius 1 is 1.64 bits per heavy atom. The summed E-state index contributed by atoms with van der Waals surface area (Å²) in [5, 5.41) is 7.02. The molecule has 1 aliphatic rings. The third kappa shape index (κ3) is 2.49. The van der Waals surface area contributed by atoms with Crippen LogP contribution in [0.1, 0.15) is 30.1 Å². The first-order chi connectivity index (χ1) is 6.90. The van der Waals surface area contributed by atoms with Gasteiger partial charge in [0, 0.05) is 23.4 Å². The molecule has 0 aromatic carbocycles. The van der Waals surface area contributed by atoms with Crippen LogP contribution in [0.4, 0.5) is 0 Å². The number of rotatable bonds is 3. The number of nitrogens with one attached hydrogen (secondary N) is 1. The van der Waals surface area contributed by atoms with Gasteiger partial charge < -0.3 is 5.32 Å². The summed E-state index contributed by atoms with van der Waals surface area (Å²) in [6, 6.07) is 0.496. The van der Waals surface area contributed by atoms with E-state index in [1.165, 1.54) is 28.6 Å². The molecule has 1 aromatic rings. The second-order valence-electron chi connectivity index (χ2n) is 3.50. The second kappa shape index (κ2) is 5.14. The van der Waals surface area contributed by atoms with Crippen LogP contribution in [0.15, 0.2) is 5.38 Å². The fourth-order valence-electron chi connectivity index (χ4n) is 1.57. The molecular weight excluding hydrogens is 212 g/mol. The fourth-order valence-corrected chi connectivity index (χ4v) is 3.48. The van der Waals surface area contributed by atoms with Crippen LogP contribution in [0.25, 0.3) is 0 Å². The molecule has 78 valence electrons. The van der Waals surface area contributed by atoms with Gasteiger partial charge in [-0.1, -0.05) is 6.92 Å². The first kappa shape index (κ1) is 10.5. The van der Waals surface area contributed by atoms with E-state index >= 15 is 0 Å². The van der Waals surface area contributed by atoms with E-state index in [0.29, 0.717) is 6.04 Å². The van der Waals surface area contributed by atoms with E-state index in [1.807, 2.05) is 23.1 Å². The first-order valence-corrected chi connectivity index (χ1v) is 7.19. The van der Waals surface area contributed by atoms with E-state index < -0.39 is 0 Å². The quantitative estimate of drug-likeness (QED) is 0.860. The van der Waals surface area contributed by atoms with Crippen molar-refractivity contribution in [3.63, 3.8) is 0 Å². The highest BCUT2D eigenvalue weighted by Crippen LogP contribution is 2.23. The molecule has 1 fully saturated rings. The minimum absolute atomic E-state index is 0.496.